The molecule has 2 aliphatic rings. The van der Waals surface area contributed by atoms with Crippen molar-refractivity contribution in [3.05, 3.63) is 78.3 Å². The van der Waals surface area contributed by atoms with Crippen molar-refractivity contribution >= 4 is 51.8 Å². The van der Waals surface area contributed by atoms with Crippen LogP contribution in [0, 0.1) is 37.0 Å². The number of nitriles is 1. The Morgan fingerprint density at radius 3 is 2.34 bits per heavy atom. The number of aromatic nitrogens is 3. The van der Waals surface area contributed by atoms with Gasteiger partial charge in [-0.25, -0.2) is 4.68 Å². The van der Waals surface area contributed by atoms with Crippen LogP contribution in [0.25, 0.3) is 11.8 Å². The number of amides is 1. The molecule has 1 aromatic carbocycles. The van der Waals surface area contributed by atoms with Gasteiger partial charge in [0.1, 0.15) is 23.1 Å². The number of hydrogen-bond acceptors (Lipinski definition) is 7. The van der Waals surface area contributed by atoms with E-state index in [4.69, 9.17) is 12.2 Å². The van der Waals surface area contributed by atoms with E-state index in [0.29, 0.717) is 45.8 Å². The van der Waals surface area contributed by atoms with Crippen molar-refractivity contribution < 1.29 is 4.79 Å². The van der Waals surface area contributed by atoms with E-state index in [1.807, 2.05) is 30.3 Å². The lowest BCUT2D eigenvalue weighted by molar-refractivity contribution is -0.113. The summed E-state index contributed by atoms with van der Waals surface area (Å²) < 4.78 is 5.23. The third kappa shape index (κ3) is 5.46. The fourth-order valence-corrected chi connectivity index (χ4v) is 7.70. The summed E-state index contributed by atoms with van der Waals surface area (Å²) in [7, 11) is 1.78. The number of carbonyl (C=O) groups is 1. The molecule has 2 aromatic heterocycles. The predicted octanol–water partition coefficient (Wildman–Crippen LogP) is 5.51. The Hall–Kier alpha value is -3.88. The van der Waals surface area contributed by atoms with Gasteiger partial charge >= 0.3 is 0 Å². The summed E-state index contributed by atoms with van der Waals surface area (Å²) in [5, 5.41) is 10.0. The number of piperidine rings is 1. The van der Waals surface area contributed by atoms with Crippen molar-refractivity contribution in [2.75, 3.05) is 22.9 Å². The van der Waals surface area contributed by atoms with E-state index >= 15 is 0 Å². The standard InChI is InChI=1S/C33H38N6O3S2/c1-7-8-14-37-29(36-18-20(2)15-21(3)19-36)25(22(4)26(17-34)30(37)40)16-27-31(41)38(33(43)44-27)28-23(5)35(6)39(32(28)42)24-12-10-9-11-13-24/h9-13,16,20-21H,7-8,14-15,18-19H2,1-6H3/b27-16+. The molecule has 9 nitrogen and oxygen atoms in total. The second-order valence-corrected chi connectivity index (χ2v) is 13.6. The lowest BCUT2D eigenvalue weighted by atomic mass is 9.91. The highest BCUT2D eigenvalue weighted by Crippen LogP contribution is 2.39. The number of carbonyl (C=O) groups excluding carboxylic acids is 1. The van der Waals surface area contributed by atoms with Crippen LogP contribution in [0.4, 0.5) is 11.5 Å². The maximum absolute atomic E-state index is 14.1. The van der Waals surface area contributed by atoms with Crippen LogP contribution < -0.4 is 20.9 Å². The van der Waals surface area contributed by atoms with Gasteiger partial charge in [-0.2, -0.15) is 5.26 Å². The van der Waals surface area contributed by atoms with Crippen molar-refractivity contribution in [1.29, 1.82) is 5.26 Å². The van der Waals surface area contributed by atoms with Crippen molar-refractivity contribution in [3.8, 4) is 11.8 Å². The lowest BCUT2D eigenvalue weighted by Crippen LogP contribution is -2.43. The van der Waals surface area contributed by atoms with E-state index in [1.54, 1.807) is 36.2 Å². The van der Waals surface area contributed by atoms with Crippen LogP contribution in [-0.4, -0.2) is 37.2 Å². The summed E-state index contributed by atoms with van der Waals surface area (Å²) in [5.74, 6) is 1.18. The molecule has 230 valence electrons. The van der Waals surface area contributed by atoms with Crippen molar-refractivity contribution in [2.24, 2.45) is 18.9 Å². The van der Waals surface area contributed by atoms with Crippen molar-refractivity contribution in [1.82, 2.24) is 13.9 Å². The molecule has 2 saturated heterocycles. The minimum Gasteiger partial charge on any atom is -0.357 e. The monoisotopic (exact) mass is 630 g/mol. The second-order valence-electron chi connectivity index (χ2n) is 11.9. The molecular formula is C33H38N6O3S2. The molecule has 4 heterocycles. The molecule has 11 heteroatoms. The fourth-order valence-electron chi connectivity index (χ4n) is 6.45. The van der Waals surface area contributed by atoms with Gasteiger partial charge in [-0.3, -0.25) is 28.5 Å². The van der Waals surface area contributed by atoms with E-state index in [-0.39, 0.29) is 26.7 Å². The Labute approximate surface area is 267 Å². The highest BCUT2D eigenvalue weighted by Gasteiger charge is 2.38. The number of para-hydroxylation sites is 1. The number of pyridine rings is 1. The summed E-state index contributed by atoms with van der Waals surface area (Å²) >= 11 is 6.84. The maximum Gasteiger partial charge on any atom is 0.296 e. The molecular weight excluding hydrogens is 593 g/mol. The number of rotatable bonds is 7. The van der Waals surface area contributed by atoms with E-state index in [0.717, 1.165) is 49.9 Å². The van der Waals surface area contributed by atoms with Crippen LogP contribution >= 0.6 is 24.0 Å². The van der Waals surface area contributed by atoms with Gasteiger partial charge < -0.3 is 4.90 Å². The molecule has 0 aliphatic carbocycles. The first-order valence-corrected chi connectivity index (χ1v) is 16.3. The van der Waals surface area contributed by atoms with Gasteiger partial charge in [-0.1, -0.05) is 69.4 Å². The number of unbranched alkanes of at least 4 members (excludes halogenated alkanes) is 1. The summed E-state index contributed by atoms with van der Waals surface area (Å²) in [6.45, 7) is 12.1. The predicted molar refractivity (Wildman–Crippen MR) is 182 cm³/mol. The molecule has 0 radical (unpaired) electrons. The first-order valence-electron chi connectivity index (χ1n) is 15.0. The third-order valence-electron chi connectivity index (χ3n) is 8.57. The summed E-state index contributed by atoms with van der Waals surface area (Å²) in [6.07, 6.45) is 4.53. The van der Waals surface area contributed by atoms with Crippen LogP contribution in [0.5, 0.6) is 0 Å². The van der Waals surface area contributed by atoms with Crippen LogP contribution in [0.3, 0.4) is 0 Å². The van der Waals surface area contributed by atoms with Gasteiger partial charge in [-0.15, -0.1) is 0 Å². The summed E-state index contributed by atoms with van der Waals surface area (Å²) in [6, 6.07) is 11.4. The molecule has 0 saturated carbocycles. The number of nitrogens with zero attached hydrogens (tertiary/aromatic N) is 6. The number of thiocarbonyl (C=S) groups is 1. The molecule has 0 spiro atoms. The minimum absolute atomic E-state index is 0.0781. The molecule has 2 atom stereocenters. The first kappa shape index (κ1) is 31.5. The second kappa shape index (κ2) is 12.6. The third-order valence-corrected chi connectivity index (χ3v) is 9.87. The van der Waals surface area contributed by atoms with E-state index in [2.05, 4.69) is 31.7 Å². The fraction of sp³-hybridized carbons (Fsp3) is 0.424. The molecule has 0 bridgehead atoms. The Morgan fingerprint density at radius 2 is 1.73 bits per heavy atom. The molecule has 3 aromatic rings. The number of anilines is 2. The van der Waals surface area contributed by atoms with Crippen molar-refractivity contribution in [3.63, 3.8) is 0 Å². The highest BCUT2D eigenvalue weighted by molar-refractivity contribution is 8.27. The van der Waals surface area contributed by atoms with Crippen LogP contribution in [0.15, 0.2) is 44.8 Å². The molecule has 2 aliphatic heterocycles. The van der Waals surface area contributed by atoms with Gasteiger partial charge in [0.05, 0.1) is 16.3 Å². The molecule has 44 heavy (non-hydrogen) atoms. The Kier molecular flexibility index (Phi) is 9.05. The van der Waals surface area contributed by atoms with Gasteiger partial charge in [0, 0.05) is 32.2 Å². The van der Waals surface area contributed by atoms with Gasteiger partial charge in [-0.05, 0) is 62.3 Å². The number of hydrogen-bond donors (Lipinski definition) is 0. The molecule has 2 unspecified atom stereocenters. The van der Waals surface area contributed by atoms with Crippen LogP contribution in [0.1, 0.15) is 62.4 Å². The molecule has 1 amide bonds. The first-order chi connectivity index (χ1) is 21.0. The van der Waals surface area contributed by atoms with Crippen LogP contribution in [-0.2, 0) is 18.4 Å². The summed E-state index contributed by atoms with van der Waals surface area (Å²) in [5.41, 5.74) is 2.14. The maximum atomic E-state index is 14.1. The van der Waals surface area contributed by atoms with Crippen molar-refractivity contribution in [2.45, 2.75) is 60.4 Å². The van der Waals surface area contributed by atoms with Gasteiger partial charge in [0.25, 0.3) is 17.0 Å². The smallest absolute Gasteiger partial charge is 0.296 e. The van der Waals surface area contributed by atoms with Gasteiger partial charge in [0.2, 0.25) is 0 Å². The van der Waals surface area contributed by atoms with E-state index in [1.165, 1.54) is 9.58 Å². The van der Waals surface area contributed by atoms with Crippen LogP contribution in [0.2, 0.25) is 0 Å². The average molecular weight is 631 g/mol. The zero-order chi connectivity index (χ0) is 31.9. The zero-order valence-corrected chi connectivity index (χ0v) is 27.7. The highest BCUT2D eigenvalue weighted by atomic mass is 32.2. The summed E-state index contributed by atoms with van der Waals surface area (Å²) in [4.78, 5) is 45.5. The Balaban J connectivity index is 1.68. The Bertz CT molecular complexity index is 1820. The Morgan fingerprint density at radius 1 is 1.07 bits per heavy atom. The lowest BCUT2D eigenvalue weighted by Gasteiger charge is -2.39. The van der Waals surface area contributed by atoms with E-state index in [9.17, 15) is 19.6 Å². The quantitative estimate of drug-likeness (QED) is 0.251. The molecule has 5 rings (SSSR count). The van der Waals surface area contributed by atoms with E-state index < -0.39 is 5.91 Å². The molecule has 2 fully saturated rings. The number of thioether (sulfide) groups is 1. The zero-order valence-electron chi connectivity index (χ0n) is 26.1. The average Bonchev–Trinajstić information content (AvgIpc) is 3.37. The SMILES string of the molecule is CCCCn1c(N2CC(C)CC(C)C2)c(/C=C2/SC(=S)N(c3c(C)n(C)n(-c4ccccc4)c3=O)C2=O)c(C)c(C#N)c1=O. The minimum atomic E-state index is -0.401. The molecule has 0 N–H and O–H groups in total. The normalized spacial score (nSPS) is 19.7. The largest absolute Gasteiger partial charge is 0.357 e. The van der Waals surface area contributed by atoms with Gasteiger partial charge in [0.15, 0.2) is 4.32 Å². The topological polar surface area (TPSA) is 96.3 Å². The number of benzene rings is 1.